The summed E-state index contributed by atoms with van der Waals surface area (Å²) < 4.78 is 67.3. The van der Waals surface area contributed by atoms with Crippen LogP contribution in [0, 0.1) is 84.0 Å². The fourth-order valence-corrected chi connectivity index (χ4v) is 11.2. The molecular formula is C70H29F4N11. The van der Waals surface area contributed by atoms with Gasteiger partial charge in [-0.05, 0) is 165 Å². The highest BCUT2D eigenvalue weighted by molar-refractivity contribution is 6.15. The maximum absolute atomic E-state index is 17.1. The zero-order chi connectivity index (χ0) is 59.4. The van der Waals surface area contributed by atoms with Gasteiger partial charge in [-0.3, -0.25) is 0 Å². The Kier molecular flexibility index (Phi) is 12.7. The van der Waals surface area contributed by atoms with E-state index in [1.54, 1.807) is 94.1 Å². The minimum absolute atomic E-state index is 0.113. The van der Waals surface area contributed by atoms with Crippen LogP contribution in [-0.2, 0) is 6.18 Å². The Morgan fingerprint density at radius 1 is 0.376 bits per heavy atom. The van der Waals surface area contributed by atoms with Gasteiger partial charge in [0.2, 0.25) is 5.69 Å². The van der Waals surface area contributed by atoms with E-state index in [1.165, 1.54) is 36.4 Å². The number of nitrogens with zero attached hydrogens (tertiary/aromatic N) is 11. The highest BCUT2D eigenvalue weighted by atomic mass is 19.4. The molecule has 85 heavy (non-hydrogen) atoms. The fraction of sp³-hybridized carbons (Fsp3) is 0.0143. The number of hydrogen-bond acceptors (Lipinski definition) is 4. The van der Waals surface area contributed by atoms with Crippen LogP contribution in [0.25, 0.3) is 135 Å². The standard InChI is InChI=1S/C70H29F4N11/c1-79-51-23-39(35-75)19-47(27-51)43-9-13-55-56-14-10-44(48-20-40(36-76)24-52(28-48)80-2)32-64(56)84(63(55)31-43)62-18-17-59(67-60(70(72,73)74)7-6-8-61(67)71)69(68(62)83-5)85-65-33-45(49-21-41(37-77)25-53(29-49)81-3)11-15-57(65)58-16-12-46(34-66(58)85)50-22-42(38-78)26-54(30-50)82-4/h6-34H. The maximum Gasteiger partial charge on any atom is 0.417 e. The van der Waals surface area contributed by atoms with Crippen LogP contribution in [0.1, 0.15) is 27.8 Å². The van der Waals surface area contributed by atoms with Crippen LogP contribution in [0.4, 0.5) is 46.0 Å². The summed E-state index contributed by atoms with van der Waals surface area (Å²) in [5.41, 5.74) is 4.17. The third-order valence-electron chi connectivity index (χ3n) is 14.9. The molecule has 12 aromatic rings. The van der Waals surface area contributed by atoms with E-state index in [9.17, 15) is 27.6 Å². The van der Waals surface area contributed by atoms with Gasteiger partial charge in [-0.15, -0.1) is 0 Å². The van der Waals surface area contributed by atoms with Gasteiger partial charge < -0.3 is 9.13 Å². The molecule has 0 radical (unpaired) electrons. The molecule has 0 saturated heterocycles. The van der Waals surface area contributed by atoms with Crippen LogP contribution in [0.2, 0.25) is 0 Å². The number of fused-ring (bicyclic) bond motifs is 6. The van der Waals surface area contributed by atoms with Crippen molar-refractivity contribution in [2.24, 2.45) is 0 Å². The number of aromatic nitrogens is 2. The van der Waals surface area contributed by atoms with Crippen molar-refractivity contribution < 1.29 is 17.6 Å². The van der Waals surface area contributed by atoms with Crippen LogP contribution in [0.15, 0.2) is 176 Å². The van der Waals surface area contributed by atoms with E-state index >= 15 is 17.6 Å². The average Bonchev–Trinajstić information content (AvgIpc) is 1.71. The van der Waals surface area contributed by atoms with E-state index < -0.39 is 23.1 Å². The summed E-state index contributed by atoms with van der Waals surface area (Å²) in [6, 6.07) is 54.0. The topological polar surface area (TPSA) is 127 Å². The monoisotopic (exact) mass is 1100 g/mol. The second kappa shape index (κ2) is 20.5. The molecule has 0 atom stereocenters. The van der Waals surface area contributed by atoms with Gasteiger partial charge >= 0.3 is 6.18 Å². The maximum atomic E-state index is 17.1. The Hall–Kier alpha value is -13.1. The molecular weight excluding hydrogens is 1070 g/mol. The van der Waals surface area contributed by atoms with Crippen molar-refractivity contribution in [3.05, 3.63) is 267 Å². The minimum atomic E-state index is -5.13. The summed E-state index contributed by atoms with van der Waals surface area (Å²) >= 11 is 0. The Morgan fingerprint density at radius 2 is 0.729 bits per heavy atom. The molecule has 0 aliphatic rings. The molecule has 0 saturated carbocycles. The first-order valence-electron chi connectivity index (χ1n) is 25.5. The fourth-order valence-electron chi connectivity index (χ4n) is 11.2. The first-order chi connectivity index (χ1) is 41.2. The number of hydrogen-bond donors (Lipinski definition) is 0. The van der Waals surface area contributed by atoms with Crippen LogP contribution in [-0.4, -0.2) is 9.13 Å². The molecule has 0 spiro atoms. The molecule has 10 aromatic carbocycles. The summed E-state index contributed by atoms with van der Waals surface area (Å²) in [5.74, 6) is -1.25. The van der Waals surface area contributed by atoms with Gasteiger partial charge in [-0.2, -0.15) is 34.2 Å². The quantitative estimate of drug-likeness (QED) is 0.116. The highest BCUT2D eigenvalue weighted by Gasteiger charge is 2.37. The van der Waals surface area contributed by atoms with Crippen molar-refractivity contribution in [2.45, 2.75) is 6.18 Å². The van der Waals surface area contributed by atoms with Crippen LogP contribution in [0.3, 0.4) is 0 Å². The molecule has 2 heterocycles. The molecule has 392 valence electrons. The molecule has 0 fully saturated rings. The van der Waals surface area contributed by atoms with Gasteiger partial charge in [-0.1, -0.05) is 60.7 Å². The molecule has 0 unspecified atom stereocenters. The van der Waals surface area contributed by atoms with E-state index in [4.69, 9.17) is 26.3 Å². The van der Waals surface area contributed by atoms with Crippen LogP contribution >= 0.6 is 0 Å². The Bertz CT molecular complexity index is 4990. The summed E-state index contributed by atoms with van der Waals surface area (Å²) in [5, 5.41) is 42.5. The molecule has 2 aromatic heterocycles. The molecule has 12 rings (SSSR count). The lowest BCUT2D eigenvalue weighted by Gasteiger charge is -2.23. The van der Waals surface area contributed by atoms with E-state index in [1.807, 2.05) is 36.4 Å². The van der Waals surface area contributed by atoms with E-state index in [0.29, 0.717) is 88.1 Å². The number of rotatable bonds is 7. The lowest BCUT2D eigenvalue weighted by atomic mass is 9.95. The second-order valence-corrected chi connectivity index (χ2v) is 19.7. The van der Waals surface area contributed by atoms with Crippen molar-refractivity contribution in [3.63, 3.8) is 0 Å². The summed E-state index contributed by atoms with van der Waals surface area (Å²) in [6.45, 7) is 40.7. The number of alkyl halides is 3. The third kappa shape index (κ3) is 8.96. The Morgan fingerprint density at radius 3 is 1.05 bits per heavy atom. The van der Waals surface area contributed by atoms with Crippen molar-refractivity contribution in [3.8, 4) is 91.3 Å². The van der Waals surface area contributed by atoms with Crippen molar-refractivity contribution in [1.82, 2.24) is 9.13 Å². The van der Waals surface area contributed by atoms with E-state index in [2.05, 4.69) is 48.5 Å². The van der Waals surface area contributed by atoms with E-state index in [-0.39, 0.29) is 67.6 Å². The molecule has 0 N–H and O–H groups in total. The lowest BCUT2D eigenvalue weighted by Crippen LogP contribution is -2.10. The highest BCUT2D eigenvalue weighted by Crippen LogP contribution is 2.50. The second-order valence-electron chi connectivity index (χ2n) is 19.7. The van der Waals surface area contributed by atoms with E-state index in [0.717, 1.165) is 18.2 Å². The number of benzene rings is 10. The van der Waals surface area contributed by atoms with Gasteiger partial charge in [-0.25, -0.2) is 28.6 Å². The predicted molar refractivity (Wildman–Crippen MR) is 317 cm³/mol. The normalized spacial score (nSPS) is 11.0. The Labute approximate surface area is 481 Å². The molecule has 0 aliphatic carbocycles. The first kappa shape index (κ1) is 52.6. The summed E-state index contributed by atoms with van der Waals surface area (Å²) in [6.07, 6.45) is -5.13. The third-order valence-corrected chi connectivity index (χ3v) is 14.9. The van der Waals surface area contributed by atoms with Gasteiger partial charge in [0.25, 0.3) is 0 Å². The predicted octanol–water partition coefficient (Wildman–Crippen LogP) is 19.6. The molecule has 0 amide bonds. The molecule has 15 heteroatoms. The van der Waals surface area contributed by atoms with Gasteiger partial charge in [0.05, 0.1) is 96.1 Å². The first-order valence-corrected chi connectivity index (χ1v) is 25.5. The largest absolute Gasteiger partial charge is 0.417 e. The zero-order valence-electron chi connectivity index (χ0n) is 43.7. The van der Waals surface area contributed by atoms with Crippen molar-refractivity contribution >= 4 is 72.0 Å². The zero-order valence-corrected chi connectivity index (χ0v) is 43.7. The number of nitriles is 4. The summed E-state index contributed by atoms with van der Waals surface area (Å²) in [7, 11) is 0. The SMILES string of the molecule is [C-]#[N+]c1cc(C#N)cc(-c2ccc3c4ccc(-c5cc(C#N)cc([N+]#[C-])c5)cc4n(-c4ccc(-c5c(F)cccc5C(F)(F)F)c(-n5c6cc(-c7cc(C#N)cc([N+]#[C-])c7)ccc6c6ccc(-c7cc(C#N)cc([N+]#[C-])c7)cc65)c4[N+]#[C-])c3c2)c1. The van der Waals surface area contributed by atoms with Crippen LogP contribution < -0.4 is 0 Å². The molecule has 0 aliphatic heterocycles. The van der Waals surface area contributed by atoms with Crippen molar-refractivity contribution in [2.75, 3.05) is 0 Å². The Balaban J connectivity index is 1.28. The van der Waals surface area contributed by atoms with Gasteiger partial charge in [0.1, 0.15) is 5.82 Å². The average molecular weight is 1100 g/mol. The van der Waals surface area contributed by atoms with Gasteiger partial charge in [0, 0.05) is 49.4 Å². The summed E-state index contributed by atoms with van der Waals surface area (Å²) in [4.78, 5) is 18.6. The smallest absolute Gasteiger partial charge is 0.319 e. The molecule has 11 nitrogen and oxygen atoms in total. The molecule has 0 bridgehead atoms. The minimum Gasteiger partial charge on any atom is -0.319 e. The van der Waals surface area contributed by atoms with Crippen LogP contribution in [0.5, 0.6) is 0 Å². The van der Waals surface area contributed by atoms with Gasteiger partial charge in [0.15, 0.2) is 22.7 Å². The lowest BCUT2D eigenvalue weighted by molar-refractivity contribution is -0.137. The van der Waals surface area contributed by atoms with Crippen molar-refractivity contribution in [1.29, 1.82) is 21.0 Å². The number of halogens is 4.